The Kier molecular flexibility index (Phi) is 7.19. The van der Waals surface area contributed by atoms with E-state index in [2.05, 4.69) is 16.0 Å². The van der Waals surface area contributed by atoms with Crippen LogP contribution in [0.15, 0.2) is 42.5 Å². The van der Waals surface area contributed by atoms with Crippen LogP contribution in [0.2, 0.25) is 0 Å². The molecule has 0 aliphatic heterocycles. The van der Waals surface area contributed by atoms with Gasteiger partial charge in [0, 0.05) is 24.7 Å². The van der Waals surface area contributed by atoms with Crippen LogP contribution >= 0.6 is 0 Å². The van der Waals surface area contributed by atoms with Gasteiger partial charge in [0.05, 0.1) is 5.56 Å². The van der Waals surface area contributed by atoms with Gasteiger partial charge in [0.15, 0.2) is 0 Å². The molecule has 2 aromatic carbocycles. The Hall–Kier alpha value is -3.10. The minimum absolute atomic E-state index is 0.116. The van der Waals surface area contributed by atoms with Crippen LogP contribution in [0.4, 0.5) is 28.0 Å². The number of amides is 3. The van der Waals surface area contributed by atoms with Crippen LogP contribution in [0.25, 0.3) is 0 Å². The number of anilines is 1. The second-order valence-corrected chi connectivity index (χ2v) is 6.68. The number of hydrogen-bond donors (Lipinski definition) is 3. The predicted molar refractivity (Wildman–Crippen MR) is 100 cm³/mol. The molecule has 2 rings (SSSR count). The van der Waals surface area contributed by atoms with E-state index in [0.717, 1.165) is 17.7 Å². The third-order valence-corrected chi connectivity index (χ3v) is 4.02. The quantitative estimate of drug-likeness (QED) is 0.615. The van der Waals surface area contributed by atoms with Crippen LogP contribution in [0.1, 0.15) is 30.5 Å². The lowest BCUT2D eigenvalue weighted by Crippen LogP contribution is -2.35. The summed E-state index contributed by atoms with van der Waals surface area (Å²) >= 11 is 0. The summed E-state index contributed by atoms with van der Waals surface area (Å²) in [7, 11) is 0. The van der Waals surface area contributed by atoms with Crippen molar-refractivity contribution in [3.63, 3.8) is 0 Å². The van der Waals surface area contributed by atoms with Crippen molar-refractivity contribution in [1.29, 1.82) is 0 Å². The van der Waals surface area contributed by atoms with Gasteiger partial charge in [-0.3, -0.25) is 4.79 Å². The molecular weight excluding hydrogens is 390 g/mol. The summed E-state index contributed by atoms with van der Waals surface area (Å²) in [6, 6.07) is 8.41. The first-order valence-electron chi connectivity index (χ1n) is 8.83. The average Bonchev–Trinajstić information content (AvgIpc) is 2.65. The summed E-state index contributed by atoms with van der Waals surface area (Å²) < 4.78 is 52.0. The van der Waals surface area contributed by atoms with Crippen molar-refractivity contribution in [3.05, 3.63) is 65.0 Å². The third-order valence-electron chi connectivity index (χ3n) is 4.02. The zero-order valence-electron chi connectivity index (χ0n) is 15.9. The first-order chi connectivity index (χ1) is 13.6. The van der Waals surface area contributed by atoms with Crippen LogP contribution in [0.5, 0.6) is 0 Å². The normalized spacial score (nSPS) is 11.3. The number of rotatable bonds is 6. The van der Waals surface area contributed by atoms with Gasteiger partial charge >= 0.3 is 12.2 Å². The van der Waals surface area contributed by atoms with Gasteiger partial charge in [-0.05, 0) is 35.4 Å². The number of carbonyl (C=O) groups is 2. The standard InChI is InChI=1S/C20H21F4N3O2/c1-12(2)18(28)27-16-7-3-13(4-8-16)10-25-19(29)26-11-14-5-6-15(21)9-17(14)20(22,23)24/h3-9,12H,10-11H2,1-2H3,(H,27,28)(H2,25,26,29). The number of urea groups is 1. The number of alkyl halides is 3. The molecule has 0 unspecified atom stereocenters. The molecule has 0 aliphatic carbocycles. The summed E-state index contributed by atoms with van der Waals surface area (Å²) in [6.07, 6.45) is -4.72. The van der Waals surface area contributed by atoms with Crippen molar-refractivity contribution in [2.45, 2.75) is 33.1 Å². The van der Waals surface area contributed by atoms with Crippen LogP contribution in [0, 0.1) is 11.7 Å². The molecule has 2 aromatic rings. The number of halogens is 4. The largest absolute Gasteiger partial charge is 0.416 e. The van der Waals surface area contributed by atoms with Gasteiger partial charge in [0.1, 0.15) is 5.82 Å². The molecular formula is C20H21F4N3O2. The van der Waals surface area contributed by atoms with Crippen LogP contribution in [-0.4, -0.2) is 11.9 Å². The van der Waals surface area contributed by atoms with Crippen LogP contribution in [-0.2, 0) is 24.1 Å². The molecule has 0 aromatic heterocycles. The highest BCUT2D eigenvalue weighted by molar-refractivity contribution is 5.92. The zero-order chi connectivity index (χ0) is 21.6. The Morgan fingerprint density at radius 1 is 0.966 bits per heavy atom. The van der Waals surface area contributed by atoms with E-state index in [1.54, 1.807) is 38.1 Å². The van der Waals surface area contributed by atoms with Crippen molar-refractivity contribution >= 4 is 17.6 Å². The van der Waals surface area contributed by atoms with Crippen LogP contribution < -0.4 is 16.0 Å². The lowest BCUT2D eigenvalue weighted by atomic mass is 10.1. The van der Waals surface area contributed by atoms with Crippen LogP contribution in [0.3, 0.4) is 0 Å². The molecule has 156 valence electrons. The molecule has 0 saturated carbocycles. The number of benzene rings is 2. The van der Waals surface area contributed by atoms with Gasteiger partial charge in [0.25, 0.3) is 0 Å². The van der Waals surface area contributed by atoms with Gasteiger partial charge in [-0.25, -0.2) is 9.18 Å². The van der Waals surface area contributed by atoms with E-state index in [0.29, 0.717) is 11.8 Å². The van der Waals surface area contributed by atoms with Crippen molar-refractivity contribution in [3.8, 4) is 0 Å². The molecule has 3 amide bonds. The van der Waals surface area contributed by atoms with Gasteiger partial charge in [-0.1, -0.05) is 32.0 Å². The molecule has 0 fully saturated rings. The summed E-state index contributed by atoms with van der Waals surface area (Å²) in [5.41, 5.74) is -0.00974. The minimum atomic E-state index is -4.72. The molecule has 0 aliphatic rings. The summed E-state index contributed by atoms with van der Waals surface area (Å²) in [5.74, 6) is -1.27. The van der Waals surface area contributed by atoms with E-state index in [9.17, 15) is 27.2 Å². The van der Waals surface area contributed by atoms with E-state index in [1.807, 2.05) is 0 Å². The van der Waals surface area contributed by atoms with Crippen molar-refractivity contribution in [1.82, 2.24) is 10.6 Å². The van der Waals surface area contributed by atoms with Crippen molar-refractivity contribution in [2.24, 2.45) is 5.92 Å². The lowest BCUT2D eigenvalue weighted by Gasteiger charge is -2.14. The molecule has 9 heteroatoms. The minimum Gasteiger partial charge on any atom is -0.334 e. The SMILES string of the molecule is CC(C)C(=O)Nc1ccc(CNC(=O)NCc2ccc(F)cc2C(F)(F)F)cc1. The number of nitrogens with one attached hydrogen (secondary N) is 3. The molecule has 5 nitrogen and oxygen atoms in total. The fraction of sp³-hybridized carbons (Fsp3) is 0.300. The molecule has 0 bridgehead atoms. The molecule has 0 atom stereocenters. The fourth-order valence-corrected chi connectivity index (χ4v) is 2.38. The Labute approximate surface area is 165 Å². The Morgan fingerprint density at radius 2 is 1.59 bits per heavy atom. The smallest absolute Gasteiger partial charge is 0.334 e. The Bertz CT molecular complexity index is 865. The molecule has 3 N–H and O–H groups in total. The maximum Gasteiger partial charge on any atom is 0.416 e. The van der Waals surface area contributed by atoms with Crippen molar-refractivity contribution in [2.75, 3.05) is 5.32 Å². The molecule has 0 radical (unpaired) electrons. The average molecular weight is 411 g/mol. The number of hydrogen-bond acceptors (Lipinski definition) is 2. The summed E-state index contributed by atoms with van der Waals surface area (Å²) in [6.45, 7) is 3.28. The highest BCUT2D eigenvalue weighted by Gasteiger charge is 2.33. The van der Waals surface area contributed by atoms with E-state index >= 15 is 0 Å². The number of carbonyl (C=O) groups excluding carboxylic acids is 2. The monoisotopic (exact) mass is 411 g/mol. The van der Waals surface area contributed by atoms with E-state index in [-0.39, 0.29) is 23.9 Å². The lowest BCUT2D eigenvalue weighted by molar-refractivity contribution is -0.138. The maximum absolute atomic E-state index is 13.1. The topological polar surface area (TPSA) is 70.2 Å². The van der Waals surface area contributed by atoms with Gasteiger partial charge in [-0.15, -0.1) is 0 Å². The molecule has 0 saturated heterocycles. The summed E-state index contributed by atoms with van der Waals surface area (Å²) in [4.78, 5) is 23.5. The molecule has 29 heavy (non-hydrogen) atoms. The second-order valence-electron chi connectivity index (χ2n) is 6.68. The fourth-order valence-electron chi connectivity index (χ4n) is 2.38. The van der Waals surface area contributed by atoms with Gasteiger partial charge < -0.3 is 16.0 Å². The summed E-state index contributed by atoms with van der Waals surface area (Å²) in [5, 5.41) is 7.58. The Morgan fingerprint density at radius 3 is 2.17 bits per heavy atom. The molecule has 0 heterocycles. The highest BCUT2D eigenvalue weighted by atomic mass is 19.4. The predicted octanol–water partition coefficient (Wildman–Crippen LogP) is 4.44. The first-order valence-corrected chi connectivity index (χ1v) is 8.83. The van der Waals surface area contributed by atoms with Gasteiger partial charge in [-0.2, -0.15) is 13.2 Å². The van der Waals surface area contributed by atoms with Gasteiger partial charge in [0.2, 0.25) is 5.91 Å². The van der Waals surface area contributed by atoms with E-state index < -0.39 is 30.1 Å². The van der Waals surface area contributed by atoms with Crippen molar-refractivity contribution < 1.29 is 27.2 Å². The van der Waals surface area contributed by atoms with E-state index in [1.165, 1.54) is 0 Å². The first kappa shape index (κ1) is 22.2. The second kappa shape index (κ2) is 9.40. The zero-order valence-corrected chi connectivity index (χ0v) is 15.9. The third kappa shape index (κ3) is 6.78. The highest BCUT2D eigenvalue weighted by Crippen LogP contribution is 2.32. The molecule has 0 spiro atoms. The maximum atomic E-state index is 13.1. The van der Waals surface area contributed by atoms with E-state index in [4.69, 9.17) is 0 Å². The Balaban J connectivity index is 1.87.